The highest BCUT2D eigenvalue weighted by Gasteiger charge is 2.29. The molecule has 0 aliphatic carbocycles. The Balaban J connectivity index is -0.000000395. The van der Waals surface area contributed by atoms with Crippen molar-refractivity contribution in [1.29, 1.82) is 0 Å². The molecule has 4 aromatic rings. The maximum Gasteiger partial charge on any atom is 0.519 e. The molecule has 2 aromatic heterocycles. The summed E-state index contributed by atoms with van der Waals surface area (Å²) in [5.41, 5.74) is 6.21. The first-order valence-corrected chi connectivity index (χ1v) is 41.5. The Labute approximate surface area is 684 Å². The molecule has 0 saturated heterocycles. The monoisotopic (exact) mass is 1590 g/mol. The zero-order chi connectivity index (χ0) is 88.1. The molecule has 0 atom stereocenters. The Bertz CT molecular complexity index is 3350. The average Bonchev–Trinajstić information content (AvgIpc) is 1.54. The Kier molecular flexibility index (Phi) is 67.9. The van der Waals surface area contributed by atoms with Crippen LogP contribution in [-0.2, 0) is 70.9 Å². The van der Waals surface area contributed by atoms with Gasteiger partial charge in [0, 0.05) is 49.5 Å². The zero-order valence-electron chi connectivity index (χ0n) is 76.4. The van der Waals surface area contributed by atoms with Crippen molar-refractivity contribution in [2.45, 2.75) is 335 Å². The van der Waals surface area contributed by atoms with Crippen molar-refractivity contribution in [1.82, 2.24) is 0 Å². The second-order valence-corrected chi connectivity index (χ2v) is 32.0. The van der Waals surface area contributed by atoms with Crippen LogP contribution >= 0.6 is 0 Å². The molecular weight excluding hydrogens is 1430 g/mol. The van der Waals surface area contributed by atoms with Crippen molar-refractivity contribution >= 4 is 41.4 Å². The third kappa shape index (κ3) is 63.2. The molecule has 113 heavy (non-hydrogen) atoms. The van der Waals surface area contributed by atoms with E-state index in [0.29, 0.717) is 82.6 Å². The molecule has 0 amide bonds. The predicted molar refractivity (Wildman–Crippen MR) is 460 cm³/mol. The topological polar surface area (TPSA) is 262 Å². The standard InChI is InChI=1S/C19H28O2.C15H30O.C13H16O4.C10H14O4.C9H18O2.C8H12O3.C7H14O2.C7H14O.C6H12/c1-12(2)15(5)11-19(7,8)18-14(4)9-13(3)10-17(18)21-16(6)20;1-4-5-6-7-8-9-10-11-12-13-15(16)14(2)3;1-10(2)12(14)16-8-9-17-13(15)11-6-4-3-5-7-11;1-6(2)7(3)12-5-9-8(4)13-10(11)14-9;1-4-5-6-7-11-9(10)8(2)3;1-5(2)4-7-6(3)10-8(9)11-7;1-4-5-9-7(8)6(2)3;1-4-5-7(8)6(2)3;1-5(2)6(3)4/h9-10,12H,5,11H2,1-4,6-8H3;14H,4-13H2,1-3H3;3-7,10H,8-9H2,1-2H3;6H,3,5H2,1-2,4H3;8H,4-7H2,1-3H3;5H,4H2,1-3H3;6H,4-5H2,1-3H3;6H,4-5H2,1-3H3;6H,1H2,2-4H3. The normalized spacial score (nSPS) is 10.6. The Hall–Kier alpha value is -7.83. The van der Waals surface area contributed by atoms with Crippen molar-refractivity contribution in [3.63, 3.8) is 0 Å². The summed E-state index contributed by atoms with van der Waals surface area (Å²) in [6.45, 7) is 72.3. The van der Waals surface area contributed by atoms with E-state index in [0.717, 1.165) is 74.5 Å². The number of esters is 5. The van der Waals surface area contributed by atoms with Crippen LogP contribution in [0.5, 0.6) is 5.75 Å². The molecule has 0 radical (unpaired) electrons. The number of Topliss-reactive ketones (excluding diaryl/α,β-unsaturated/α-hetero) is 2. The van der Waals surface area contributed by atoms with E-state index in [4.69, 9.17) is 41.7 Å². The van der Waals surface area contributed by atoms with E-state index in [1.54, 1.807) is 52.0 Å². The molecule has 0 aliphatic heterocycles. The van der Waals surface area contributed by atoms with Gasteiger partial charge in [-0.15, -0.1) is 0 Å². The quantitative estimate of drug-likeness (QED) is 0.0100. The smallest absolute Gasteiger partial charge is 0.490 e. The molecule has 0 aliphatic rings. The molecular formula is C94H158O19. The van der Waals surface area contributed by atoms with E-state index < -0.39 is 17.6 Å². The van der Waals surface area contributed by atoms with Crippen LogP contribution < -0.4 is 16.4 Å². The van der Waals surface area contributed by atoms with Crippen LogP contribution in [0.15, 0.2) is 106 Å². The minimum absolute atomic E-state index is 0.0107. The lowest BCUT2D eigenvalue weighted by Crippen LogP contribution is -2.22. The largest absolute Gasteiger partial charge is 0.519 e. The summed E-state index contributed by atoms with van der Waals surface area (Å²) in [4.78, 5) is 98.9. The SMILES string of the molecule is C=C(C)C(C)C.C=C(CC(C)(C)c1c(C)cc(C)cc1OC(C)=O)C(C)C.C=C(OCc1oc(=O)oc1C)C(C)C.CC(C)C(=O)OCCOC(=O)c1ccccc1.CCCC(=O)C(C)C.CCCCCCCCCCCC(=O)C(C)C.CCCCCOC(=O)C(C)C.CCCOC(=O)C(C)C.Cc1oc(=O)oc1CC(C)C. The highest BCUT2D eigenvalue weighted by atomic mass is 16.6. The number of hydrogen-bond acceptors (Lipinski definition) is 19. The fraction of sp³-hybridized carbons (Fsp3) is 0.670. The van der Waals surface area contributed by atoms with Crippen LogP contribution in [-0.4, -0.2) is 67.8 Å². The van der Waals surface area contributed by atoms with Crippen LogP contribution in [0, 0.1) is 81.0 Å². The minimum Gasteiger partial charge on any atom is -0.490 e. The number of carbonyl (C=O) groups is 7. The van der Waals surface area contributed by atoms with E-state index in [1.165, 1.54) is 75.9 Å². The van der Waals surface area contributed by atoms with Gasteiger partial charge in [-0.05, 0) is 119 Å². The molecule has 2 heterocycles. The Morgan fingerprint density at radius 1 is 0.442 bits per heavy atom. The summed E-state index contributed by atoms with van der Waals surface area (Å²) in [6, 6.07) is 12.8. The van der Waals surface area contributed by atoms with Gasteiger partial charge >= 0.3 is 41.5 Å². The van der Waals surface area contributed by atoms with Gasteiger partial charge in [-0.2, -0.15) is 0 Å². The van der Waals surface area contributed by atoms with Crippen LogP contribution in [0.25, 0.3) is 0 Å². The second-order valence-electron chi connectivity index (χ2n) is 32.0. The molecule has 4 rings (SSSR count). The van der Waals surface area contributed by atoms with E-state index in [9.17, 15) is 43.2 Å². The molecule has 0 saturated carbocycles. The van der Waals surface area contributed by atoms with E-state index in [2.05, 4.69) is 106 Å². The number of aryl methyl sites for hydroxylation is 4. The van der Waals surface area contributed by atoms with Crippen molar-refractivity contribution in [3.05, 3.63) is 146 Å². The number of hydrogen-bond donors (Lipinski definition) is 0. The third-order valence-electron chi connectivity index (χ3n) is 16.9. The molecule has 0 spiro atoms. The molecule has 19 heteroatoms. The summed E-state index contributed by atoms with van der Waals surface area (Å²) >= 11 is 0. The van der Waals surface area contributed by atoms with E-state index in [-0.39, 0.29) is 84.6 Å². The van der Waals surface area contributed by atoms with Gasteiger partial charge in [0.1, 0.15) is 48.7 Å². The van der Waals surface area contributed by atoms with Gasteiger partial charge in [0.05, 0.1) is 42.3 Å². The summed E-state index contributed by atoms with van der Waals surface area (Å²) in [6.07, 6.45) is 20.3. The Morgan fingerprint density at radius 3 is 1.25 bits per heavy atom. The van der Waals surface area contributed by atoms with Crippen LogP contribution in [0.2, 0.25) is 0 Å². The number of unbranched alkanes of at least 4 members (excludes halogenated alkanes) is 10. The van der Waals surface area contributed by atoms with Crippen molar-refractivity contribution in [2.75, 3.05) is 26.4 Å². The van der Waals surface area contributed by atoms with Crippen molar-refractivity contribution in [3.8, 4) is 5.75 Å². The van der Waals surface area contributed by atoms with Crippen LogP contribution in [0.4, 0.5) is 0 Å². The highest BCUT2D eigenvalue weighted by molar-refractivity contribution is 5.89. The lowest BCUT2D eigenvalue weighted by Gasteiger charge is -2.31. The number of benzene rings is 2. The Morgan fingerprint density at radius 2 is 0.867 bits per heavy atom. The van der Waals surface area contributed by atoms with Gasteiger partial charge in [0.2, 0.25) is 0 Å². The van der Waals surface area contributed by atoms with Gasteiger partial charge in [-0.25, -0.2) is 14.4 Å². The van der Waals surface area contributed by atoms with Crippen LogP contribution in [0.3, 0.4) is 0 Å². The molecule has 648 valence electrons. The van der Waals surface area contributed by atoms with E-state index >= 15 is 0 Å². The molecule has 0 unspecified atom stereocenters. The number of rotatable bonds is 39. The number of ether oxygens (including phenoxy) is 6. The molecule has 2 aromatic carbocycles. The summed E-state index contributed by atoms with van der Waals surface area (Å²) in [5.74, 6) is 3.99. The molecule has 0 fully saturated rings. The number of ketones is 2. The lowest BCUT2D eigenvalue weighted by atomic mass is 9.75. The zero-order valence-corrected chi connectivity index (χ0v) is 76.4. The lowest BCUT2D eigenvalue weighted by molar-refractivity contribution is -0.148. The van der Waals surface area contributed by atoms with Crippen LogP contribution in [0.1, 0.15) is 339 Å². The maximum absolute atomic E-state index is 11.5. The third-order valence-corrected chi connectivity index (χ3v) is 16.9. The number of carbonyl (C=O) groups excluding carboxylic acids is 7. The van der Waals surface area contributed by atoms with Gasteiger partial charge in [-0.3, -0.25) is 28.8 Å². The fourth-order valence-electron chi connectivity index (χ4n) is 9.25. The molecule has 0 N–H and O–H groups in total. The van der Waals surface area contributed by atoms with Gasteiger partial charge < -0.3 is 46.1 Å². The molecule has 0 bridgehead atoms. The maximum atomic E-state index is 11.5. The first-order valence-electron chi connectivity index (χ1n) is 41.5. The average molecular weight is 1590 g/mol. The summed E-state index contributed by atoms with van der Waals surface area (Å²) in [7, 11) is 0. The number of allylic oxidation sites excluding steroid dienone is 3. The predicted octanol–water partition coefficient (Wildman–Crippen LogP) is 24.5. The fourth-order valence-corrected chi connectivity index (χ4v) is 9.25. The minimum atomic E-state index is -0.698. The van der Waals surface area contributed by atoms with Crippen molar-refractivity contribution < 1.29 is 79.7 Å². The van der Waals surface area contributed by atoms with Gasteiger partial charge in [-0.1, -0.05) is 286 Å². The summed E-state index contributed by atoms with van der Waals surface area (Å²) in [5, 5.41) is 0. The van der Waals surface area contributed by atoms with Crippen molar-refractivity contribution in [2.24, 2.45) is 53.3 Å². The first kappa shape index (κ1) is 114. The summed E-state index contributed by atoms with van der Waals surface area (Å²) < 4.78 is 49.3. The van der Waals surface area contributed by atoms with Gasteiger partial charge in [0.15, 0.2) is 11.5 Å². The second kappa shape index (κ2) is 67.5. The first-order chi connectivity index (χ1) is 52.6. The van der Waals surface area contributed by atoms with Gasteiger partial charge in [0.25, 0.3) is 0 Å². The highest BCUT2D eigenvalue weighted by Crippen LogP contribution is 2.40. The van der Waals surface area contributed by atoms with E-state index in [1.807, 2.05) is 109 Å². The molecule has 19 nitrogen and oxygen atoms in total.